The fraction of sp³-hybridized carbons (Fsp3) is 0.846. The highest BCUT2D eigenvalue weighted by molar-refractivity contribution is 5.79. The minimum atomic E-state index is -0.723. The maximum atomic E-state index is 11.9. The van der Waals surface area contributed by atoms with Crippen LogP contribution in [0.2, 0.25) is 0 Å². The second-order valence-corrected chi connectivity index (χ2v) is 5.53. The Morgan fingerprint density at radius 2 is 1.94 bits per heavy atom. The van der Waals surface area contributed by atoms with Crippen LogP contribution in [0.4, 0.5) is 0 Å². The van der Waals surface area contributed by atoms with Crippen molar-refractivity contribution in [2.24, 2.45) is 17.8 Å². The summed E-state index contributed by atoms with van der Waals surface area (Å²) in [5.41, 5.74) is 0. The third kappa shape index (κ3) is 3.20. The summed E-state index contributed by atoms with van der Waals surface area (Å²) in [5.74, 6) is -0.220. The molecule has 0 aromatic carbocycles. The lowest BCUT2D eigenvalue weighted by Crippen LogP contribution is -2.42. The van der Waals surface area contributed by atoms with E-state index in [2.05, 4.69) is 5.32 Å². The third-order valence-electron chi connectivity index (χ3n) is 4.11. The molecule has 2 aliphatic rings. The number of hydrogen-bond donors (Lipinski definition) is 2. The maximum absolute atomic E-state index is 11.9. The van der Waals surface area contributed by atoms with Gasteiger partial charge in [-0.2, -0.15) is 0 Å². The zero-order valence-electron chi connectivity index (χ0n) is 10.3. The van der Waals surface area contributed by atoms with Crippen LogP contribution in [-0.4, -0.2) is 23.0 Å². The summed E-state index contributed by atoms with van der Waals surface area (Å²) in [6.07, 6.45) is 5.50. The molecule has 0 aliphatic heterocycles. The predicted octanol–water partition coefficient (Wildman–Crippen LogP) is 1.79. The Kier molecular flexibility index (Phi) is 3.69. The van der Waals surface area contributed by atoms with Gasteiger partial charge in [-0.05, 0) is 38.0 Å². The van der Waals surface area contributed by atoms with Crippen molar-refractivity contribution >= 4 is 11.9 Å². The van der Waals surface area contributed by atoms with Gasteiger partial charge in [0.25, 0.3) is 0 Å². The number of carbonyl (C=O) groups excluding carboxylic acids is 1. The third-order valence-corrected chi connectivity index (χ3v) is 4.11. The van der Waals surface area contributed by atoms with E-state index < -0.39 is 5.97 Å². The molecule has 2 rings (SSSR count). The number of carboxylic acids is 1. The van der Waals surface area contributed by atoms with Gasteiger partial charge in [0.2, 0.25) is 5.91 Å². The first-order valence-corrected chi connectivity index (χ1v) is 6.61. The molecule has 3 atom stereocenters. The molecule has 4 nitrogen and oxygen atoms in total. The lowest BCUT2D eigenvalue weighted by molar-refractivity contribution is -0.143. The van der Waals surface area contributed by atoms with Crippen LogP contribution in [0.3, 0.4) is 0 Å². The van der Waals surface area contributed by atoms with E-state index in [0.29, 0.717) is 12.3 Å². The summed E-state index contributed by atoms with van der Waals surface area (Å²) >= 11 is 0. The standard InChI is InChI=1S/C13H21NO3/c1-8(9-5-6-9)12(15)14-11-4-2-3-10(7-11)13(16)17/h8-11H,2-7H2,1H3,(H,14,15)(H,16,17). The molecule has 0 saturated heterocycles. The van der Waals surface area contributed by atoms with Gasteiger partial charge < -0.3 is 10.4 Å². The number of hydrogen-bond acceptors (Lipinski definition) is 2. The van der Waals surface area contributed by atoms with Crippen LogP contribution >= 0.6 is 0 Å². The molecule has 1 amide bonds. The summed E-state index contributed by atoms with van der Waals surface area (Å²) in [7, 11) is 0. The van der Waals surface area contributed by atoms with E-state index in [1.165, 1.54) is 0 Å². The minimum absolute atomic E-state index is 0.0681. The van der Waals surface area contributed by atoms with Crippen LogP contribution in [0.25, 0.3) is 0 Å². The Bertz CT molecular complexity index is 312. The number of carbonyl (C=O) groups is 2. The van der Waals surface area contributed by atoms with E-state index in [0.717, 1.165) is 32.1 Å². The monoisotopic (exact) mass is 239 g/mol. The highest BCUT2D eigenvalue weighted by Gasteiger charge is 2.34. The van der Waals surface area contributed by atoms with Crippen molar-refractivity contribution in [3.63, 3.8) is 0 Å². The van der Waals surface area contributed by atoms with Gasteiger partial charge >= 0.3 is 5.97 Å². The van der Waals surface area contributed by atoms with Crippen LogP contribution in [0, 0.1) is 17.8 Å². The average molecular weight is 239 g/mol. The molecule has 0 aromatic heterocycles. The molecule has 0 spiro atoms. The van der Waals surface area contributed by atoms with Crippen LogP contribution < -0.4 is 5.32 Å². The molecule has 0 bridgehead atoms. The molecule has 2 fully saturated rings. The van der Waals surface area contributed by atoms with E-state index in [4.69, 9.17) is 5.11 Å². The van der Waals surface area contributed by atoms with Crippen LogP contribution in [0.1, 0.15) is 45.4 Å². The first kappa shape index (κ1) is 12.4. The topological polar surface area (TPSA) is 66.4 Å². The Balaban J connectivity index is 1.81. The molecule has 2 aliphatic carbocycles. The SMILES string of the molecule is CC(C(=O)NC1CCCC(C(=O)O)C1)C1CC1. The molecule has 2 saturated carbocycles. The lowest BCUT2D eigenvalue weighted by Gasteiger charge is -2.28. The Morgan fingerprint density at radius 1 is 1.24 bits per heavy atom. The minimum Gasteiger partial charge on any atom is -0.481 e. The molecule has 0 radical (unpaired) electrons. The zero-order valence-corrected chi connectivity index (χ0v) is 10.3. The Hall–Kier alpha value is -1.06. The normalized spacial score (nSPS) is 30.6. The van der Waals surface area contributed by atoms with Gasteiger partial charge in [0.15, 0.2) is 0 Å². The van der Waals surface area contributed by atoms with Gasteiger partial charge in [0.1, 0.15) is 0 Å². The molecular weight excluding hydrogens is 218 g/mol. The first-order chi connectivity index (χ1) is 8.08. The van der Waals surface area contributed by atoms with Gasteiger partial charge in [-0.3, -0.25) is 9.59 Å². The van der Waals surface area contributed by atoms with E-state index in [-0.39, 0.29) is 23.8 Å². The van der Waals surface area contributed by atoms with E-state index >= 15 is 0 Å². The van der Waals surface area contributed by atoms with E-state index in [1.54, 1.807) is 0 Å². The smallest absolute Gasteiger partial charge is 0.306 e. The first-order valence-electron chi connectivity index (χ1n) is 6.61. The second kappa shape index (κ2) is 5.07. The van der Waals surface area contributed by atoms with Crippen molar-refractivity contribution in [2.45, 2.75) is 51.5 Å². The Labute approximate surface area is 102 Å². The van der Waals surface area contributed by atoms with Crippen molar-refractivity contribution in [3.8, 4) is 0 Å². The van der Waals surface area contributed by atoms with E-state index in [9.17, 15) is 9.59 Å². The van der Waals surface area contributed by atoms with Crippen LogP contribution in [0.5, 0.6) is 0 Å². The number of nitrogens with one attached hydrogen (secondary N) is 1. The Morgan fingerprint density at radius 3 is 2.53 bits per heavy atom. The van der Waals surface area contributed by atoms with Gasteiger partial charge in [-0.25, -0.2) is 0 Å². The summed E-state index contributed by atoms with van der Waals surface area (Å²) in [5, 5.41) is 12.0. The van der Waals surface area contributed by atoms with Crippen molar-refractivity contribution < 1.29 is 14.7 Å². The van der Waals surface area contributed by atoms with Gasteiger partial charge in [0.05, 0.1) is 5.92 Å². The second-order valence-electron chi connectivity index (χ2n) is 5.53. The molecule has 2 N–H and O–H groups in total. The highest BCUT2D eigenvalue weighted by Crippen LogP contribution is 2.36. The molecule has 4 heteroatoms. The number of carboxylic acid groups (broad SMARTS) is 1. The predicted molar refractivity (Wildman–Crippen MR) is 63.4 cm³/mol. The summed E-state index contributed by atoms with van der Waals surface area (Å²) in [6.45, 7) is 1.98. The van der Waals surface area contributed by atoms with Crippen molar-refractivity contribution in [3.05, 3.63) is 0 Å². The number of rotatable bonds is 4. The van der Waals surface area contributed by atoms with Crippen molar-refractivity contribution in [1.82, 2.24) is 5.32 Å². The quantitative estimate of drug-likeness (QED) is 0.786. The number of aliphatic carboxylic acids is 1. The summed E-state index contributed by atoms with van der Waals surface area (Å²) in [4.78, 5) is 22.8. The van der Waals surface area contributed by atoms with Crippen LogP contribution in [0.15, 0.2) is 0 Å². The maximum Gasteiger partial charge on any atom is 0.306 e. The number of amides is 1. The van der Waals surface area contributed by atoms with E-state index in [1.807, 2.05) is 6.92 Å². The zero-order chi connectivity index (χ0) is 12.4. The summed E-state index contributed by atoms with van der Waals surface area (Å²) < 4.78 is 0. The lowest BCUT2D eigenvalue weighted by atomic mass is 9.85. The van der Waals surface area contributed by atoms with Crippen LogP contribution in [-0.2, 0) is 9.59 Å². The van der Waals surface area contributed by atoms with Crippen molar-refractivity contribution in [1.29, 1.82) is 0 Å². The molecule has 0 heterocycles. The average Bonchev–Trinajstić information content (AvgIpc) is 3.12. The largest absolute Gasteiger partial charge is 0.481 e. The van der Waals surface area contributed by atoms with Gasteiger partial charge in [-0.1, -0.05) is 13.3 Å². The highest BCUT2D eigenvalue weighted by atomic mass is 16.4. The van der Waals surface area contributed by atoms with Gasteiger partial charge in [-0.15, -0.1) is 0 Å². The fourth-order valence-electron chi connectivity index (χ4n) is 2.69. The summed E-state index contributed by atoms with van der Waals surface area (Å²) in [6, 6.07) is 0.0681. The molecule has 17 heavy (non-hydrogen) atoms. The van der Waals surface area contributed by atoms with Gasteiger partial charge in [0, 0.05) is 12.0 Å². The molecule has 96 valence electrons. The molecular formula is C13H21NO3. The molecule has 3 unspecified atom stereocenters. The molecule has 0 aromatic rings. The van der Waals surface area contributed by atoms with Crippen molar-refractivity contribution in [2.75, 3.05) is 0 Å². The fourth-order valence-corrected chi connectivity index (χ4v) is 2.69.